The van der Waals surface area contributed by atoms with Crippen molar-refractivity contribution in [2.24, 2.45) is 0 Å². The minimum Gasteiger partial charge on any atom is -0.496 e. The van der Waals surface area contributed by atoms with Crippen molar-refractivity contribution in [2.45, 2.75) is 12.6 Å². The highest BCUT2D eigenvalue weighted by Crippen LogP contribution is 2.35. The summed E-state index contributed by atoms with van der Waals surface area (Å²) in [5.41, 5.74) is 2.27. The van der Waals surface area contributed by atoms with E-state index in [1.165, 1.54) is 12.1 Å². The highest BCUT2D eigenvalue weighted by atomic mass is 16.6. The summed E-state index contributed by atoms with van der Waals surface area (Å²) in [6.45, 7) is -0.213. The molecule has 3 aromatic rings. The number of methoxy groups -OCH3 is 1. The number of hydrogen-bond donors (Lipinski definition) is 2. The molecule has 0 fully saturated rings. The maximum atomic E-state index is 11.5. The summed E-state index contributed by atoms with van der Waals surface area (Å²) in [6, 6.07) is 16.9. The standard InChI is InChI=1S/C20H19N3O4/c1-27-19-8-3-2-6-15(19)20(16-7-4-5-11-21-16)22-17-12-14(13-24)9-10-18(17)23(25)26/h2-12,20,22,24H,13H2,1H3. The van der Waals surface area contributed by atoms with E-state index in [9.17, 15) is 15.2 Å². The molecule has 0 radical (unpaired) electrons. The molecule has 1 aromatic heterocycles. The van der Waals surface area contributed by atoms with Crippen molar-refractivity contribution in [1.29, 1.82) is 0 Å². The van der Waals surface area contributed by atoms with E-state index in [-0.39, 0.29) is 12.3 Å². The molecule has 1 atom stereocenters. The Hall–Kier alpha value is -3.45. The number of nitrogens with zero attached hydrogens (tertiary/aromatic N) is 2. The van der Waals surface area contributed by atoms with Crippen molar-refractivity contribution in [3.63, 3.8) is 0 Å². The number of para-hydroxylation sites is 1. The fourth-order valence-corrected chi connectivity index (χ4v) is 2.87. The molecule has 1 heterocycles. The van der Waals surface area contributed by atoms with Crippen molar-refractivity contribution in [3.8, 4) is 5.75 Å². The lowest BCUT2D eigenvalue weighted by atomic mass is 10.0. The zero-order valence-electron chi connectivity index (χ0n) is 14.7. The predicted molar refractivity (Wildman–Crippen MR) is 102 cm³/mol. The minimum absolute atomic E-state index is 0.0805. The minimum atomic E-state index is -0.477. The van der Waals surface area contributed by atoms with E-state index in [0.717, 1.165) is 5.56 Å². The third kappa shape index (κ3) is 4.04. The van der Waals surface area contributed by atoms with Crippen molar-refractivity contribution in [2.75, 3.05) is 12.4 Å². The summed E-state index contributed by atoms with van der Waals surface area (Å²) >= 11 is 0. The molecular weight excluding hydrogens is 346 g/mol. The fourth-order valence-electron chi connectivity index (χ4n) is 2.87. The second-order valence-corrected chi connectivity index (χ2v) is 5.84. The summed E-state index contributed by atoms with van der Waals surface area (Å²) < 4.78 is 5.47. The number of anilines is 1. The van der Waals surface area contributed by atoms with Crippen LogP contribution >= 0.6 is 0 Å². The average molecular weight is 365 g/mol. The number of aromatic nitrogens is 1. The largest absolute Gasteiger partial charge is 0.496 e. The van der Waals surface area contributed by atoms with Crippen molar-refractivity contribution in [3.05, 3.63) is 93.8 Å². The summed E-state index contributed by atoms with van der Waals surface area (Å²) in [5, 5.41) is 24.1. The Balaban J connectivity index is 2.12. The Morgan fingerprint density at radius 1 is 1.19 bits per heavy atom. The first-order valence-corrected chi connectivity index (χ1v) is 8.32. The van der Waals surface area contributed by atoms with Crippen molar-refractivity contribution in [1.82, 2.24) is 4.98 Å². The van der Waals surface area contributed by atoms with E-state index in [0.29, 0.717) is 22.7 Å². The van der Waals surface area contributed by atoms with Gasteiger partial charge in [-0.05, 0) is 35.9 Å². The Kier molecular flexibility index (Phi) is 5.63. The van der Waals surface area contributed by atoms with Gasteiger partial charge in [0.05, 0.1) is 30.4 Å². The van der Waals surface area contributed by atoms with E-state index in [1.807, 2.05) is 36.4 Å². The normalized spacial score (nSPS) is 11.6. The monoisotopic (exact) mass is 365 g/mol. The molecule has 0 saturated carbocycles. The Bertz CT molecular complexity index is 932. The van der Waals surface area contributed by atoms with Crippen molar-refractivity contribution < 1.29 is 14.8 Å². The summed E-state index contributed by atoms with van der Waals surface area (Å²) in [4.78, 5) is 15.4. The molecule has 0 bridgehead atoms. The van der Waals surface area contributed by atoms with E-state index in [4.69, 9.17) is 4.74 Å². The van der Waals surface area contributed by atoms with E-state index in [1.54, 1.807) is 25.4 Å². The predicted octanol–water partition coefficient (Wildman–Crippen LogP) is 3.69. The van der Waals surface area contributed by atoms with Crippen molar-refractivity contribution >= 4 is 11.4 Å². The molecule has 0 aliphatic rings. The highest BCUT2D eigenvalue weighted by molar-refractivity contribution is 5.65. The molecule has 0 aliphatic carbocycles. The first-order chi connectivity index (χ1) is 13.1. The molecule has 0 amide bonds. The topological polar surface area (TPSA) is 97.5 Å². The molecule has 7 nitrogen and oxygen atoms in total. The third-order valence-electron chi connectivity index (χ3n) is 4.17. The van der Waals surface area contributed by atoms with Crippen LogP contribution in [0, 0.1) is 10.1 Å². The van der Waals surface area contributed by atoms with Gasteiger partial charge >= 0.3 is 0 Å². The van der Waals surface area contributed by atoms with E-state index < -0.39 is 11.0 Å². The van der Waals surface area contributed by atoms with Gasteiger partial charge in [0.1, 0.15) is 11.4 Å². The second kappa shape index (κ2) is 8.29. The van der Waals surface area contributed by atoms with Crippen LogP contribution < -0.4 is 10.1 Å². The molecule has 7 heteroatoms. The molecule has 138 valence electrons. The summed E-state index contributed by atoms with van der Waals surface area (Å²) in [6.07, 6.45) is 1.66. The Labute approximate surface area is 156 Å². The van der Waals surface area contributed by atoms with Gasteiger partial charge in [-0.15, -0.1) is 0 Å². The number of aliphatic hydroxyl groups is 1. The number of hydrogen-bond acceptors (Lipinski definition) is 6. The van der Waals surface area contributed by atoms with Crippen LogP contribution in [0.5, 0.6) is 5.75 Å². The zero-order valence-corrected chi connectivity index (χ0v) is 14.7. The van der Waals surface area contributed by atoms with Gasteiger partial charge < -0.3 is 15.2 Å². The zero-order chi connectivity index (χ0) is 19.2. The van der Waals surface area contributed by atoms with Crippen LogP contribution in [-0.2, 0) is 6.61 Å². The van der Waals surface area contributed by atoms with Gasteiger partial charge in [-0.1, -0.05) is 24.3 Å². The van der Waals surface area contributed by atoms with Gasteiger partial charge in [0.15, 0.2) is 0 Å². The van der Waals surface area contributed by atoms with Crippen LogP contribution in [0.3, 0.4) is 0 Å². The Morgan fingerprint density at radius 3 is 2.63 bits per heavy atom. The number of aliphatic hydroxyl groups excluding tert-OH is 1. The lowest BCUT2D eigenvalue weighted by Gasteiger charge is -2.22. The SMILES string of the molecule is COc1ccccc1C(Nc1cc(CO)ccc1[N+](=O)[O-])c1ccccn1. The number of nitro groups is 1. The highest BCUT2D eigenvalue weighted by Gasteiger charge is 2.23. The average Bonchev–Trinajstić information content (AvgIpc) is 2.72. The van der Waals surface area contributed by atoms with Gasteiger partial charge in [-0.2, -0.15) is 0 Å². The molecular formula is C20H19N3O4. The number of pyridine rings is 1. The number of rotatable bonds is 7. The van der Waals surface area contributed by atoms with Gasteiger partial charge in [0.2, 0.25) is 0 Å². The van der Waals surface area contributed by atoms with Crippen LogP contribution in [0.1, 0.15) is 22.9 Å². The van der Waals surface area contributed by atoms with E-state index in [2.05, 4.69) is 10.3 Å². The van der Waals surface area contributed by atoms with Crippen LogP contribution in [0.2, 0.25) is 0 Å². The quantitative estimate of drug-likeness (QED) is 0.489. The number of ether oxygens (including phenoxy) is 1. The van der Waals surface area contributed by atoms with Crippen LogP contribution in [0.4, 0.5) is 11.4 Å². The fraction of sp³-hybridized carbons (Fsp3) is 0.150. The van der Waals surface area contributed by atoms with Gasteiger partial charge in [0.25, 0.3) is 5.69 Å². The Morgan fingerprint density at radius 2 is 1.96 bits per heavy atom. The van der Waals surface area contributed by atoms with Crippen LogP contribution in [-0.4, -0.2) is 22.1 Å². The maximum Gasteiger partial charge on any atom is 0.292 e. The summed E-state index contributed by atoms with van der Waals surface area (Å²) in [7, 11) is 1.57. The smallest absolute Gasteiger partial charge is 0.292 e. The molecule has 0 spiro atoms. The molecule has 0 aliphatic heterocycles. The molecule has 0 saturated heterocycles. The van der Waals surface area contributed by atoms with E-state index >= 15 is 0 Å². The van der Waals surface area contributed by atoms with Crippen LogP contribution in [0.15, 0.2) is 66.9 Å². The van der Waals surface area contributed by atoms with Gasteiger partial charge in [-0.3, -0.25) is 15.1 Å². The maximum absolute atomic E-state index is 11.5. The number of nitro benzene ring substituents is 1. The number of benzene rings is 2. The van der Waals surface area contributed by atoms with Gasteiger partial charge in [-0.25, -0.2) is 0 Å². The number of nitrogens with one attached hydrogen (secondary N) is 1. The first kappa shape index (κ1) is 18.3. The van der Waals surface area contributed by atoms with Gasteiger partial charge in [0, 0.05) is 17.8 Å². The summed E-state index contributed by atoms with van der Waals surface area (Å²) in [5.74, 6) is 0.640. The molecule has 2 aromatic carbocycles. The second-order valence-electron chi connectivity index (χ2n) is 5.84. The first-order valence-electron chi connectivity index (χ1n) is 8.32. The third-order valence-corrected chi connectivity index (χ3v) is 4.17. The lowest BCUT2D eigenvalue weighted by molar-refractivity contribution is -0.384. The molecule has 3 rings (SSSR count). The molecule has 1 unspecified atom stereocenters. The van der Waals surface area contributed by atoms with Crippen LogP contribution in [0.25, 0.3) is 0 Å². The lowest BCUT2D eigenvalue weighted by Crippen LogP contribution is -2.16. The molecule has 2 N–H and O–H groups in total. The molecule has 27 heavy (non-hydrogen) atoms.